The van der Waals surface area contributed by atoms with Gasteiger partial charge >= 0.3 is 0 Å². The maximum absolute atomic E-state index is 13.5. The van der Waals surface area contributed by atoms with Crippen molar-refractivity contribution in [1.82, 2.24) is 0 Å². The Bertz CT molecular complexity index is 801. The molecule has 6 heteroatoms. The third-order valence-electron chi connectivity index (χ3n) is 3.33. The molecule has 1 N–H and O–H groups in total. The number of amides is 1. The van der Waals surface area contributed by atoms with Gasteiger partial charge in [-0.05, 0) is 17.7 Å². The molecule has 116 valence electrons. The summed E-state index contributed by atoms with van der Waals surface area (Å²) in [4.78, 5) is 20.3. The van der Waals surface area contributed by atoms with E-state index in [4.69, 9.17) is 0 Å². The monoisotopic (exact) mass is 313 g/mol. The maximum atomic E-state index is 13.5. The number of nitrogens with one attached hydrogen (secondary N) is 1. The lowest BCUT2D eigenvalue weighted by atomic mass is 10.1. The summed E-state index contributed by atoms with van der Waals surface area (Å²) >= 11 is 0. The molecule has 0 aromatic heterocycles. The van der Waals surface area contributed by atoms with Gasteiger partial charge in [0.05, 0.1) is 12.2 Å². The highest BCUT2D eigenvalue weighted by atomic mass is 19.2. The van der Waals surface area contributed by atoms with Crippen molar-refractivity contribution in [2.45, 2.75) is 6.42 Å². The van der Waals surface area contributed by atoms with Crippen molar-refractivity contribution in [2.24, 2.45) is 9.98 Å². The lowest BCUT2D eigenvalue weighted by Crippen LogP contribution is -2.21. The fourth-order valence-corrected chi connectivity index (χ4v) is 2.21. The number of anilines is 1. The van der Waals surface area contributed by atoms with Crippen molar-refractivity contribution in [3.63, 3.8) is 0 Å². The number of carbonyl (C=O) groups excluding carboxylic acids is 1. The third-order valence-corrected chi connectivity index (χ3v) is 3.33. The van der Waals surface area contributed by atoms with Gasteiger partial charge in [-0.15, -0.1) is 0 Å². The van der Waals surface area contributed by atoms with Crippen LogP contribution in [-0.2, 0) is 11.2 Å². The molecule has 1 heterocycles. The van der Waals surface area contributed by atoms with Gasteiger partial charge in [-0.25, -0.2) is 13.8 Å². The lowest BCUT2D eigenvalue weighted by molar-refractivity contribution is -0.110. The van der Waals surface area contributed by atoms with Crippen LogP contribution in [-0.4, -0.2) is 24.0 Å². The number of carbonyl (C=O) groups is 1. The molecule has 0 bridgehead atoms. The quantitative estimate of drug-likeness (QED) is 0.927. The fourth-order valence-electron chi connectivity index (χ4n) is 2.21. The second kappa shape index (κ2) is 6.48. The molecule has 0 fully saturated rings. The molecular weight excluding hydrogens is 300 g/mol. The van der Waals surface area contributed by atoms with Crippen LogP contribution >= 0.6 is 0 Å². The number of amidine groups is 1. The van der Waals surface area contributed by atoms with Crippen molar-refractivity contribution < 1.29 is 13.6 Å². The summed E-state index contributed by atoms with van der Waals surface area (Å²) in [6, 6.07) is 13.3. The second-order valence-electron chi connectivity index (χ2n) is 5.04. The first-order valence-electron chi connectivity index (χ1n) is 7.03. The SMILES string of the molecule is O=C(Nc1cccc(F)c1F)C1=NCC(Cc2ccccc2)=N1. The van der Waals surface area contributed by atoms with Crippen molar-refractivity contribution >= 4 is 23.1 Å². The number of nitrogens with zero attached hydrogens (tertiary/aromatic N) is 2. The van der Waals surface area contributed by atoms with Crippen LogP contribution in [0, 0.1) is 11.6 Å². The minimum Gasteiger partial charge on any atom is -0.317 e. The van der Waals surface area contributed by atoms with E-state index >= 15 is 0 Å². The van der Waals surface area contributed by atoms with Crippen molar-refractivity contribution in [2.75, 3.05) is 11.9 Å². The fraction of sp³-hybridized carbons (Fsp3) is 0.118. The van der Waals surface area contributed by atoms with E-state index in [1.807, 2.05) is 30.3 Å². The third kappa shape index (κ3) is 3.48. The number of hydrogen-bond donors (Lipinski definition) is 1. The van der Waals surface area contributed by atoms with E-state index in [0.29, 0.717) is 13.0 Å². The van der Waals surface area contributed by atoms with Gasteiger partial charge < -0.3 is 5.32 Å². The van der Waals surface area contributed by atoms with Gasteiger partial charge in [0.1, 0.15) is 0 Å². The number of hydrogen-bond acceptors (Lipinski definition) is 3. The van der Waals surface area contributed by atoms with E-state index in [9.17, 15) is 13.6 Å². The average molecular weight is 313 g/mol. The predicted molar refractivity (Wildman–Crippen MR) is 84.9 cm³/mol. The number of benzene rings is 2. The van der Waals surface area contributed by atoms with E-state index in [-0.39, 0.29) is 11.5 Å². The van der Waals surface area contributed by atoms with Gasteiger partial charge in [0.15, 0.2) is 11.6 Å². The highest BCUT2D eigenvalue weighted by Crippen LogP contribution is 2.17. The minimum atomic E-state index is -1.10. The Morgan fingerprint density at radius 3 is 2.65 bits per heavy atom. The first-order chi connectivity index (χ1) is 11.1. The summed E-state index contributed by atoms with van der Waals surface area (Å²) < 4.78 is 26.7. The van der Waals surface area contributed by atoms with Crippen LogP contribution in [0.2, 0.25) is 0 Å². The number of halogens is 2. The normalized spacial score (nSPS) is 13.5. The van der Waals surface area contributed by atoms with Crippen LogP contribution in [0.3, 0.4) is 0 Å². The summed E-state index contributed by atoms with van der Waals surface area (Å²) in [7, 11) is 0. The average Bonchev–Trinajstić information content (AvgIpc) is 3.01. The summed E-state index contributed by atoms with van der Waals surface area (Å²) in [5.41, 5.74) is 1.59. The molecule has 0 spiro atoms. The molecule has 4 nitrogen and oxygen atoms in total. The van der Waals surface area contributed by atoms with Crippen molar-refractivity contribution in [3.8, 4) is 0 Å². The van der Waals surface area contributed by atoms with Gasteiger partial charge in [0, 0.05) is 12.1 Å². The Morgan fingerprint density at radius 1 is 1.09 bits per heavy atom. The second-order valence-corrected chi connectivity index (χ2v) is 5.04. The first kappa shape index (κ1) is 15.0. The molecule has 2 aromatic carbocycles. The molecule has 1 amide bonds. The van der Waals surface area contributed by atoms with E-state index in [0.717, 1.165) is 17.3 Å². The highest BCUT2D eigenvalue weighted by Gasteiger charge is 2.19. The van der Waals surface area contributed by atoms with Crippen LogP contribution < -0.4 is 5.32 Å². The van der Waals surface area contributed by atoms with Crippen molar-refractivity contribution in [3.05, 3.63) is 65.7 Å². The molecule has 23 heavy (non-hydrogen) atoms. The number of aliphatic imine (C=N–C) groups is 2. The van der Waals surface area contributed by atoms with Crippen molar-refractivity contribution in [1.29, 1.82) is 0 Å². The van der Waals surface area contributed by atoms with E-state index in [1.54, 1.807) is 0 Å². The van der Waals surface area contributed by atoms with Crippen LogP contribution in [0.25, 0.3) is 0 Å². The molecule has 2 aromatic rings. The molecule has 0 radical (unpaired) electrons. The summed E-state index contributed by atoms with van der Waals surface area (Å²) in [5, 5.41) is 2.29. The van der Waals surface area contributed by atoms with Gasteiger partial charge in [-0.1, -0.05) is 36.4 Å². The van der Waals surface area contributed by atoms with Gasteiger partial charge in [0.2, 0.25) is 5.84 Å². The molecule has 3 rings (SSSR count). The zero-order chi connectivity index (χ0) is 16.2. The number of rotatable bonds is 4. The molecule has 1 aliphatic heterocycles. The van der Waals surface area contributed by atoms with Gasteiger partial charge in [-0.2, -0.15) is 0 Å². The standard InChI is InChI=1S/C17H13F2N3O/c18-13-7-4-8-14(15(13)19)22-17(23)16-20-10-12(21-16)9-11-5-2-1-3-6-11/h1-8H,9-10H2,(H,22,23). The first-order valence-corrected chi connectivity index (χ1v) is 7.03. The minimum absolute atomic E-state index is 0.0282. The highest BCUT2D eigenvalue weighted by molar-refractivity contribution is 6.45. The van der Waals surface area contributed by atoms with Crippen LogP contribution in [0.4, 0.5) is 14.5 Å². The smallest absolute Gasteiger partial charge is 0.293 e. The Morgan fingerprint density at radius 2 is 1.87 bits per heavy atom. The molecule has 0 aliphatic carbocycles. The van der Waals surface area contributed by atoms with E-state index in [2.05, 4.69) is 15.3 Å². The summed E-state index contributed by atoms with van der Waals surface area (Å²) in [6.07, 6.45) is 0.593. The molecule has 0 atom stereocenters. The summed E-state index contributed by atoms with van der Waals surface area (Å²) in [6.45, 7) is 0.323. The van der Waals surface area contributed by atoms with E-state index < -0.39 is 17.5 Å². The zero-order valence-corrected chi connectivity index (χ0v) is 12.1. The van der Waals surface area contributed by atoms with Crippen LogP contribution in [0.5, 0.6) is 0 Å². The Labute approximate surface area is 131 Å². The zero-order valence-electron chi connectivity index (χ0n) is 12.1. The largest absolute Gasteiger partial charge is 0.317 e. The lowest BCUT2D eigenvalue weighted by Gasteiger charge is -2.05. The Balaban J connectivity index is 1.68. The molecule has 0 saturated heterocycles. The van der Waals surface area contributed by atoms with Gasteiger partial charge in [-0.3, -0.25) is 9.79 Å². The molecule has 0 saturated carbocycles. The van der Waals surface area contributed by atoms with E-state index in [1.165, 1.54) is 12.1 Å². The molecule has 0 unspecified atom stereocenters. The van der Waals surface area contributed by atoms with Crippen LogP contribution in [0.15, 0.2) is 58.5 Å². The maximum Gasteiger partial charge on any atom is 0.293 e. The topological polar surface area (TPSA) is 53.8 Å². The Kier molecular flexibility index (Phi) is 4.23. The summed E-state index contributed by atoms with van der Waals surface area (Å²) in [5.74, 6) is -2.81. The molecular formula is C17H13F2N3O. The molecule has 1 aliphatic rings. The predicted octanol–water partition coefficient (Wildman–Crippen LogP) is 3.00. The van der Waals surface area contributed by atoms with Crippen LogP contribution in [0.1, 0.15) is 5.56 Å². The van der Waals surface area contributed by atoms with Gasteiger partial charge in [0.25, 0.3) is 5.91 Å². The Hall–Kier alpha value is -2.89.